The molecule has 0 aliphatic rings. The number of imidazole rings is 1. The van der Waals surface area contributed by atoms with Crippen molar-refractivity contribution in [1.82, 2.24) is 19.3 Å². The van der Waals surface area contributed by atoms with Gasteiger partial charge in [0.25, 0.3) is 0 Å². The summed E-state index contributed by atoms with van der Waals surface area (Å²) >= 11 is 5.90. The minimum atomic E-state index is 0.494. The summed E-state index contributed by atoms with van der Waals surface area (Å²) in [5.41, 5.74) is 4.26. The van der Waals surface area contributed by atoms with E-state index < -0.39 is 0 Å². The minimum absolute atomic E-state index is 0.494. The van der Waals surface area contributed by atoms with E-state index in [2.05, 4.69) is 16.2 Å². The molecule has 0 N–H and O–H groups in total. The maximum atomic E-state index is 9.11. The Kier molecular flexibility index (Phi) is 3.40. The van der Waals surface area contributed by atoms with Crippen LogP contribution in [0.3, 0.4) is 0 Å². The maximum Gasteiger partial charge on any atom is 0.115 e. The molecule has 0 atom stereocenters. The third-order valence-corrected chi connectivity index (χ3v) is 3.59. The number of aryl methyl sites for hydroxylation is 3. The number of rotatable bonds is 3. The van der Waals surface area contributed by atoms with Gasteiger partial charge in [-0.2, -0.15) is 10.4 Å². The number of nitrogens with zero attached hydrogens (tertiary/aromatic N) is 5. The van der Waals surface area contributed by atoms with Gasteiger partial charge in [0.1, 0.15) is 5.82 Å². The molecule has 0 fully saturated rings. The van der Waals surface area contributed by atoms with Crippen LogP contribution in [0.15, 0.2) is 24.4 Å². The Balaban J connectivity index is 2.34. The number of benzene rings is 1. The van der Waals surface area contributed by atoms with Gasteiger partial charge in [-0.3, -0.25) is 9.25 Å². The number of nitriles is 1. The number of aromatic nitrogens is 4. The second kappa shape index (κ2) is 5.23. The molecule has 2 aromatic heterocycles. The topological polar surface area (TPSA) is 59.4 Å². The van der Waals surface area contributed by atoms with Crippen LogP contribution in [0.2, 0.25) is 0 Å². The molecule has 0 saturated carbocycles. The van der Waals surface area contributed by atoms with Crippen LogP contribution in [0.4, 0.5) is 0 Å². The molecule has 3 rings (SSSR count). The standard InChI is InChI=1S/C15H14ClN5/c1-10-14(9-20(2)19-10)21-13-7-11(8-17)3-4-12(13)18-15(21)5-6-16/h3-4,7,9H,5-6H2,1-2H3. The van der Waals surface area contributed by atoms with Gasteiger partial charge in [-0.05, 0) is 25.1 Å². The van der Waals surface area contributed by atoms with Crippen molar-refractivity contribution in [3.05, 3.63) is 41.5 Å². The SMILES string of the molecule is Cc1nn(C)cc1-n1c(CCCl)nc2ccc(C#N)cc21. The predicted octanol–water partition coefficient (Wildman–Crippen LogP) is 2.72. The zero-order valence-electron chi connectivity index (χ0n) is 11.8. The molecular formula is C15H14ClN5. The second-order valence-electron chi connectivity index (χ2n) is 4.89. The molecule has 0 saturated heterocycles. The van der Waals surface area contributed by atoms with E-state index in [1.807, 2.05) is 36.9 Å². The van der Waals surface area contributed by atoms with Gasteiger partial charge in [0, 0.05) is 25.5 Å². The Bertz CT molecular complexity index is 853. The normalized spacial score (nSPS) is 11.0. The van der Waals surface area contributed by atoms with Gasteiger partial charge in [0.15, 0.2) is 0 Å². The van der Waals surface area contributed by atoms with Crippen LogP contribution < -0.4 is 0 Å². The van der Waals surface area contributed by atoms with E-state index in [1.165, 1.54) is 0 Å². The first-order chi connectivity index (χ1) is 10.1. The van der Waals surface area contributed by atoms with Crippen molar-refractivity contribution in [2.75, 3.05) is 5.88 Å². The van der Waals surface area contributed by atoms with Gasteiger partial charge in [-0.15, -0.1) is 11.6 Å². The highest BCUT2D eigenvalue weighted by Gasteiger charge is 2.16. The number of halogens is 1. The zero-order chi connectivity index (χ0) is 15.0. The maximum absolute atomic E-state index is 9.11. The lowest BCUT2D eigenvalue weighted by Gasteiger charge is -2.07. The molecule has 0 aliphatic carbocycles. The minimum Gasteiger partial charge on any atom is -0.293 e. The molecule has 0 unspecified atom stereocenters. The van der Waals surface area contributed by atoms with E-state index in [1.54, 1.807) is 10.7 Å². The Labute approximate surface area is 127 Å². The summed E-state index contributed by atoms with van der Waals surface area (Å²) in [5.74, 6) is 1.37. The van der Waals surface area contributed by atoms with Crippen molar-refractivity contribution in [2.24, 2.45) is 7.05 Å². The number of fused-ring (bicyclic) bond motifs is 1. The third-order valence-electron chi connectivity index (χ3n) is 3.40. The highest BCUT2D eigenvalue weighted by atomic mass is 35.5. The smallest absolute Gasteiger partial charge is 0.115 e. The largest absolute Gasteiger partial charge is 0.293 e. The fraction of sp³-hybridized carbons (Fsp3) is 0.267. The van der Waals surface area contributed by atoms with E-state index in [9.17, 15) is 0 Å². The molecule has 0 aliphatic heterocycles. The molecule has 106 valence electrons. The molecule has 0 radical (unpaired) electrons. The molecule has 6 heteroatoms. The first kappa shape index (κ1) is 13.7. The lowest BCUT2D eigenvalue weighted by atomic mass is 10.2. The average molecular weight is 300 g/mol. The van der Waals surface area contributed by atoms with E-state index in [-0.39, 0.29) is 0 Å². The number of hydrogen-bond acceptors (Lipinski definition) is 3. The van der Waals surface area contributed by atoms with Crippen LogP contribution in [0.25, 0.3) is 16.7 Å². The number of alkyl halides is 1. The molecule has 1 aromatic carbocycles. The molecule has 3 aromatic rings. The quantitative estimate of drug-likeness (QED) is 0.699. The first-order valence-electron chi connectivity index (χ1n) is 6.62. The third kappa shape index (κ3) is 2.28. The summed E-state index contributed by atoms with van der Waals surface area (Å²) in [7, 11) is 1.89. The number of hydrogen-bond donors (Lipinski definition) is 0. The Morgan fingerprint density at radius 2 is 2.19 bits per heavy atom. The van der Waals surface area contributed by atoms with E-state index >= 15 is 0 Å². The molecule has 21 heavy (non-hydrogen) atoms. The lowest BCUT2D eigenvalue weighted by molar-refractivity contribution is 0.756. The van der Waals surface area contributed by atoms with Gasteiger partial charge in [-0.1, -0.05) is 0 Å². The van der Waals surface area contributed by atoms with Crippen molar-refractivity contribution < 1.29 is 0 Å². The highest BCUT2D eigenvalue weighted by molar-refractivity contribution is 6.17. The fourth-order valence-electron chi connectivity index (χ4n) is 2.52. The molecule has 0 bridgehead atoms. The van der Waals surface area contributed by atoms with Crippen molar-refractivity contribution in [3.63, 3.8) is 0 Å². The monoisotopic (exact) mass is 299 g/mol. The lowest BCUT2D eigenvalue weighted by Crippen LogP contribution is -2.02. The summed E-state index contributed by atoms with van der Waals surface area (Å²) in [6.07, 6.45) is 2.61. The van der Waals surface area contributed by atoms with Crippen molar-refractivity contribution in [3.8, 4) is 11.8 Å². The van der Waals surface area contributed by atoms with Gasteiger partial charge in [0.2, 0.25) is 0 Å². The molecule has 0 amide bonds. The summed E-state index contributed by atoms with van der Waals surface area (Å²) < 4.78 is 3.82. The average Bonchev–Trinajstić information content (AvgIpc) is 2.97. The molecule has 0 spiro atoms. The van der Waals surface area contributed by atoms with Crippen molar-refractivity contribution in [2.45, 2.75) is 13.3 Å². The van der Waals surface area contributed by atoms with Gasteiger partial charge < -0.3 is 0 Å². The molecule has 2 heterocycles. The van der Waals surface area contributed by atoms with E-state index in [0.717, 1.165) is 28.2 Å². The van der Waals surface area contributed by atoms with Crippen LogP contribution in [-0.2, 0) is 13.5 Å². The van der Waals surface area contributed by atoms with Crippen LogP contribution >= 0.6 is 11.6 Å². The summed E-state index contributed by atoms with van der Waals surface area (Å²) in [6, 6.07) is 7.67. The van der Waals surface area contributed by atoms with Crippen LogP contribution in [-0.4, -0.2) is 25.2 Å². The fourth-order valence-corrected chi connectivity index (χ4v) is 2.69. The Hall–Kier alpha value is -2.32. The zero-order valence-corrected chi connectivity index (χ0v) is 12.6. The van der Waals surface area contributed by atoms with Gasteiger partial charge in [-0.25, -0.2) is 4.98 Å². The summed E-state index contributed by atoms with van der Waals surface area (Å²) in [5, 5.41) is 13.5. The van der Waals surface area contributed by atoms with Crippen molar-refractivity contribution in [1.29, 1.82) is 5.26 Å². The second-order valence-corrected chi connectivity index (χ2v) is 5.27. The van der Waals surface area contributed by atoms with Crippen LogP contribution in [0.1, 0.15) is 17.1 Å². The summed E-state index contributed by atoms with van der Waals surface area (Å²) in [4.78, 5) is 4.64. The Morgan fingerprint density at radius 1 is 1.38 bits per heavy atom. The molecular weight excluding hydrogens is 286 g/mol. The van der Waals surface area contributed by atoms with Gasteiger partial charge in [0.05, 0.1) is 34.0 Å². The van der Waals surface area contributed by atoms with Crippen LogP contribution in [0, 0.1) is 18.3 Å². The summed E-state index contributed by atoms with van der Waals surface area (Å²) in [6.45, 7) is 1.96. The van der Waals surface area contributed by atoms with Crippen molar-refractivity contribution >= 4 is 22.6 Å². The van der Waals surface area contributed by atoms with E-state index in [0.29, 0.717) is 17.9 Å². The van der Waals surface area contributed by atoms with Crippen LogP contribution in [0.5, 0.6) is 0 Å². The Morgan fingerprint density at radius 3 is 2.81 bits per heavy atom. The van der Waals surface area contributed by atoms with E-state index in [4.69, 9.17) is 16.9 Å². The first-order valence-corrected chi connectivity index (χ1v) is 7.15. The molecule has 5 nitrogen and oxygen atoms in total. The highest BCUT2D eigenvalue weighted by Crippen LogP contribution is 2.24. The predicted molar refractivity (Wildman–Crippen MR) is 81.7 cm³/mol. The van der Waals surface area contributed by atoms with Gasteiger partial charge >= 0.3 is 0 Å².